The highest BCUT2D eigenvalue weighted by molar-refractivity contribution is 6.31. The summed E-state index contributed by atoms with van der Waals surface area (Å²) in [4.78, 5) is 3.98. The Balaban J connectivity index is 2.92. The van der Waals surface area contributed by atoms with E-state index in [0.717, 1.165) is 6.92 Å². The van der Waals surface area contributed by atoms with Crippen molar-refractivity contribution in [2.24, 2.45) is 0 Å². The van der Waals surface area contributed by atoms with Crippen molar-refractivity contribution in [1.82, 2.24) is 4.98 Å². The number of anilines is 1. The van der Waals surface area contributed by atoms with Gasteiger partial charge in [-0.05, 0) is 38.0 Å². The largest absolute Gasteiger partial charge is 0.397 e. The highest BCUT2D eigenvalue weighted by Crippen LogP contribution is 2.28. The summed E-state index contributed by atoms with van der Waals surface area (Å²) in [6.07, 6.45) is 0. The second-order valence-corrected chi connectivity index (χ2v) is 3.94. The van der Waals surface area contributed by atoms with Gasteiger partial charge in [0.1, 0.15) is 5.60 Å². The second kappa shape index (κ2) is 3.61. The number of hydrogen-bond acceptors (Lipinski definition) is 3. The number of nitrogens with two attached hydrogens (primary N) is 1. The molecule has 0 radical (unpaired) electrons. The topological polar surface area (TPSA) is 59.1 Å². The Morgan fingerprint density at radius 2 is 2.38 bits per heavy atom. The van der Waals surface area contributed by atoms with Gasteiger partial charge in [-0.25, -0.2) is 4.98 Å². The number of halogens is 1. The first kappa shape index (κ1) is 5.84. The molecule has 0 spiro atoms. The van der Waals surface area contributed by atoms with Crippen LogP contribution in [-0.4, -0.2) is 10.1 Å². The smallest absolute Gasteiger partial charge is 0.103 e. The Labute approximate surface area is 107 Å². The molecule has 2 aromatic rings. The van der Waals surface area contributed by atoms with Crippen molar-refractivity contribution in [3.05, 3.63) is 34.9 Å². The molecule has 1 unspecified atom stereocenters. The van der Waals surface area contributed by atoms with Crippen LogP contribution < -0.4 is 5.73 Å². The average molecular weight is 243 g/mol. The van der Waals surface area contributed by atoms with Gasteiger partial charge in [0.15, 0.2) is 0 Å². The van der Waals surface area contributed by atoms with Gasteiger partial charge in [-0.3, -0.25) is 0 Å². The molecule has 0 aliphatic carbocycles. The van der Waals surface area contributed by atoms with Gasteiger partial charge in [0.05, 0.1) is 21.0 Å². The van der Waals surface area contributed by atoms with Crippen LogP contribution in [0.4, 0.5) is 5.69 Å². The minimum Gasteiger partial charge on any atom is -0.397 e. The molecule has 0 aliphatic rings. The van der Waals surface area contributed by atoms with Crippen LogP contribution in [0.3, 0.4) is 0 Å². The maximum atomic E-state index is 10.3. The summed E-state index contributed by atoms with van der Waals surface area (Å²) in [7, 11) is 0. The first-order chi connectivity index (χ1) is 9.89. The van der Waals surface area contributed by atoms with Crippen LogP contribution in [0.15, 0.2) is 24.2 Å². The zero-order chi connectivity index (χ0) is 17.0. The molecule has 0 aliphatic heterocycles. The van der Waals surface area contributed by atoms with Crippen molar-refractivity contribution in [3.63, 3.8) is 0 Å². The van der Waals surface area contributed by atoms with E-state index in [1.807, 2.05) is 0 Å². The molecule has 0 amide bonds. The summed E-state index contributed by atoms with van der Waals surface area (Å²) in [5.41, 5.74) is 2.68. The van der Waals surface area contributed by atoms with E-state index in [1.54, 1.807) is 0 Å². The fourth-order valence-electron chi connectivity index (χ4n) is 1.34. The van der Waals surface area contributed by atoms with E-state index in [-0.39, 0.29) is 45.4 Å². The molecular weight excluding hydrogens is 224 g/mol. The second-order valence-electron chi connectivity index (χ2n) is 3.56. The van der Waals surface area contributed by atoms with Crippen LogP contribution in [0.5, 0.6) is 0 Å². The van der Waals surface area contributed by atoms with Gasteiger partial charge in [0.25, 0.3) is 0 Å². The number of aliphatic hydroxyl groups is 1. The molecule has 4 heteroatoms. The highest BCUT2D eigenvalue weighted by atomic mass is 35.5. The molecule has 3 N–H and O–H groups in total. The number of hydrogen-bond donors (Lipinski definition) is 2. The number of nitrogens with zero attached hydrogens (tertiary/aromatic N) is 1. The highest BCUT2D eigenvalue weighted by Gasteiger charge is 2.21. The quantitative estimate of drug-likeness (QED) is 0.808. The number of aromatic nitrogens is 1. The molecule has 16 heavy (non-hydrogen) atoms. The van der Waals surface area contributed by atoms with Crippen LogP contribution >= 0.6 is 11.6 Å². The van der Waals surface area contributed by atoms with Crippen molar-refractivity contribution in [2.45, 2.75) is 19.4 Å². The van der Waals surface area contributed by atoms with Crippen molar-refractivity contribution in [3.8, 4) is 0 Å². The lowest BCUT2D eigenvalue weighted by atomic mass is 10.0. The SMILES string of the molecule is [2H]c1cc2nc(C(C)(O)C([2H])([2H])[2H])c(N)c([2H])c2c([2H])c1Cl. The lowest BCUT2D eigenvalue weighted by Crippen LogP contribution is -2.19. The molecule has 1 atom stereocenters. The molecule has 0 saturated heterocycles. The average Bonchev–Trinajstić information content (AvgIpc) is 2.38. The Bertz CT molecular complexity index is 775. The number of pyridine rings is 1. The number of benzene rings is 1. The van der Waals surface area contributed by atoms with Gasteiger partial charge in [0, 0.05) is 14.5 Å². The molecule has 1 aromatic carbocycles. The maximum absolute atomic E-state index is 10.3. The number of rotatable bonds is 1. The molecule has 0 saturated carbocycles. The third-order valence-corrected chi connectivity index (χ3v) is 2.24. The normalized spacial score (nSPS) is 21.2. The fourth-order valence-corrected chi connectivity index (χ4v) is 1.49. The number of fused-ring (bicyclic) bond motifs is 1. The molecule has 1 aromatic heterocycles. The van der Waals surface area contributed by atoms with Crippen molar-refractivity contribution < 1.29 is 13.3 Å². The van der Waals surface area contributed by atoms with Crippen LogP contribution in [0.2, 0.25) is 5.02 Å². The van der Waals surface area contributed by atoms with E-state index in [4.69, 9.17) is 25.6 Å². The van der Waals surface area contributed by atoms with E-state index < -0.39 is 12.5 Å². The Hall–Kier alpha value is -1.32. The van der Waals surface area contributed by atoms with Crippen LogP contribution in [-0.2, 0) is 5.60 Å². The van der Waals surface area contributed by atoms with E-state index in [2.05, 4.69) is 4.98 Å². The fraction of sp³-hybridized carbons (Fsp3) is 0.250. The zero-order valence-corrected chi connectivity index (χ0v) is 9.18. The standard InChI is InChI=1S/C12H13ClN2O/c1-12(2,16)11-9(14)6-7-5-8(13)3-4-10(7)15-11/h3-6,16H,14H2,1-2H3/i1D3,3D,5D,6D. The monoisotopic (exact) mass is 242 g/mol. The molecule has 0 bridgehead atoms. The molecule has 3 nitrogen and oxygen atoms in total. The van der Waals surface area contributed by atoms with Gasteiger partial charge in [-0.1, -0.05) is 11.6 Å². The van der Waals surface area contributed by atoms with E-state index in [9.17, 15) is 5.11 Å². The maximum Gasteiger partial charge on any atom is 0.103 e. The Morgan fingerprint density at radius 3 is 3.06 bits per heavy atom. The molecule has 1 heterocycles. The number of nitrogen functional groups attached to an aromatic ring is 1. The summed E-state index contributed by atoms with van der Waals surface area (Å²) in [5, 5.41) is 10.1. The first-order valence-corrected chi connectivity index (χ1v) is 4.85. The van der Waals surface area contributed by atoms with Crippen LogP contribution in [0.1, 0.15) is 27.7 Å². The molecule has 0 fully saturated rings. The molecule has 84 valence electrons. The van der Waals surface area contributed by atoms with Gasteiger partial charge >= 0.3 is 0 Å². The van der Waals surface area contributed by atoms with Crippen molar-refractivity contribution in [2.75, 3.05) is 5.73 Å². The summed E-state index contributed by atoms with van der Waals surface area (Å²) in [6, 6.07) is 0.381. The first-order valence-electron chi connectivity index (χ1n) is 7.48. The zero-order valence-electron chi connectivity index (χ0n) is 14.4. The van der Waals surface area contributed by atoms with Crippen LogP contribution in [0.25, 0.3) is 10.9 Å². The van der Waals surface area contributed by atoms with E-state index in [1.165, 1.54) is 6.07 Å². The van der Waals surface area contributed by atoms with E-state index in [0.29, 0.717) is 0 Å². The van der Waals surface area contributed by atoms with Crippen LogP contribution in [0, 0.1) is 0 Å². The van der Waals surface area contributed by atoms with Gasteiger partial charge < -0.3 is 10.8 Å². The summed E-state index contributed by atoms with van der Waals surface area (Å²) >= 11 is 5.82. The van der Waals surface area contributed by atoms with Gasteiger partial charge in [-0.2, -0.15) is 0 Å². The predicted octanol–water partition coefficient (Wildman–Crippen LogP) is 2.70. The Morgan fingerprint density at radius 1 is 1.62 bits per heavy atom. The summed E-state index contributed by atoms with van der Waals surface area (Å²) in [5.74, 6) is 0. The predicted molar refractivity (Wildman–Crippen MR) is 66.4 cm³/mol. The lowest BCUT2D eigenvalue weighted by molar-refractivity contribution is 0.0751. The molecular formula is C12H13ClN2O. The summed E-state index contributed by atoms with van der Waals surface area (Å²) < 4.78 is 45.7. The van der Waals surface area contributed by atoms with Gasteiger partial charge in [-0.15, -0.1) is 0 Å². The Kier molecular flexibility index (Phi) is 1.32. The third kappa shape index (κ3) is 1.96. The molecule has 2 rings (SSSR count). The minimum absolute atomic E-state index is 0.00333. The van der Waals surface area contributed by atoms with Gasteiger partial charge in [0.2, 0.25) is 0 Å². The third-order valence-electron chi connectivity index (χ3n) is 2.03. The van der Waals surface area contributed by atoms with Crippen molar-refractivity contribution in [1.29, 1.82) is 0 Å². The summed E-state index contributed by atoms with van der Waals surface area (Å²) in [6.45, 7) is -1.78. The van der Waals surface area contributed by atoms with Crippen molar-refractivity contribution >= 4 is 28.2 Å². The minimum atomic E-state index is -2.81. The van der Waals surface area contributed by atoms with E-state index >= 15 is 0 Å². The lowest BCUT2D eigenvalue weighted by Gasteiger charge is -2.19.